The summed E-state index contributed by atoms with van der Waals surface area (Å²) < 4.78 is 0. The number of carbonyl (C=O) groups is 1. The summed E-state index contributed by atoms with van der Waals surface area (Å²) in [4.78, 5) is 23.2. The second-order valence-corrected chi connectivity index (χ2v) is 11.7. The van der Waals surface area contributed by atoms with Crippen LogP contribution in [0.15, 0.2) is 72.8 Å². The molecule has 1 unspecified atom stereocenters. The van der Waals surface area contributed by atoms with E-state index in [9.17, 15) is 4.79 Å². The molecule has 0 spiro atoms. The summed E-state index contributed by atoms with van der Waals surface area (Å²) in [5, 5.41) is 9.99. The Morgan fingerprint density at radius 1 is 0.905 bits per heavy atom. The van der Waals surface area contributed by atoms with Crippen molar-refractivity contribution in [2.24, 2.45) is 0 Å². The maximum absolute atomic E-state index is 13.8. The van der Waals surface area contributed by atoms with Crippen LogP contribution in [0.5, 0.6) is 0 Å². The summed E-state index contributed by atoms with van der Waals surface area (Å²) in [5.74, 6) is 0.127. The second kappa shape index (κ2) is 13.8. The largest absolute Gasteiger partial charge is 0.334 e. The topological polar surface area (TPSA) is 60.2 Å². The van der Waals surface area contributed by atoms with Crippen molar-refractivity contribution in [3.05, 3.63) is 101 Å². The minimum absolute atomic E-state index is 0.127. The molecule has 1 atom stereocenters. The molecule has 6 rings (SSSR count). The van der Waals surface area contributed by atoms with E-state index in [1.807, 2.05) is 49.4 Å². The fourth-order valence-electron chi connectivity index (χ4n) is 6.35. The third-order valence-corrected chi connectivity index (χ3v) is 8.71. The normalized spacial score (nSPS) is 17.0. The van der Waals surface area contributed by atoms with Gasteiger partial charge in [-0.1, -0.05) is 55.8 Å². The van der Waals surface area contributed by atoms with Gasteiger partial charge in [0.25, 0.3) is 5.91 Å². The number of aryl methyl sites for hydroxylation is 3. The Hall–Kier alpha value is -4.01. The minimum atomic E-state index is 0.127. The number of benzene rings is 3. The van der Waals surface area contributed by atoms with Gasteiger partial charge in [0.1, 0.15) is 0 Å². The van der Waals surface area contributed by atoms with Gasteiger partial charge in [0, 0.05) is 30.2 Å². The zero-order valence-electron chi connectivity index (χ0n) is 25.3. The Balaban J connectivity index is 0.000000336. The van der Waals surface area contributed by atoms with Gasteiger partial charge in [-0.05, 0) is 112 Å². The van der Waals surface area contributed by atoms with Crippen LogP contribution in [0.2, 0.25) is 0 Å². The molecule has 5 heteroatoms. The van der Waals surface area contributed by atoms with Crippen LogP contribution in [0.1, 0.15) is 71.8 Å². The molecule has 3 heterocycles. The number of piperidine rings is 1. The first-order valence-corrected chi connectivity index (χ1v) is 15.5. The summed E-state index contributed by atoms with van der Waals surface area (Å²) in [6.07, 6.45) is 7.17. The number of nitriles is 1. The third kappa shape index (κ3) is 6.89. The van der Waals surface area contributed by atoms with Crippen molar-refractivity contribution in [2.45, 2.75) is 65.3 Å². The molecule has 0 N–H and O–H groups in total. The molecule has 1 aromatic heterocycles. The fourth-order valence-corrected chi connectivity index (χ4v) is 6.35. The SMILES string of the molecule is CCc1ccccc1C.Cc1cc(C(=O)N2CCCC2CN2CCCCC2)c2cc(-c3ccc(C#N)cc3)ccc2n1. The quantitative estimate of drug-likeness (QED) is 0.251. The first kappa shape index (κ1) is 29.5. The maximum Gasteiger partial charge on any atom is 0.254 e. The van der Waals surface area contributed by atoms with E-state index in [1.54, 1.807) is 0 Å². The van der Waals surface area contributed by atoms with Crippen LogP contribution < -0.4 is 0 Å². The van der Waals surface area contributed by atoms with Crippen molar-refractivity contribution in [3.63, 3.8) is 0 Å². The molecule has 4 aromatic rings. The molecule has 0 bridgehead atoms. The van der Waals surface area contributed by atoms with E-state index in [0.29, 0.717) is 11.6 Å². The Kier molecular flexibility index (Phi) is 9.66. The van der Waals surface area contributed by atoms with Crippen LogP contribution in [0, 0.1) is 25.2 Å². The van der Waals surface area contributed by atoms with E-state index in [0.717, 1.165) is 78.7 Å². The van der Waals surface area contributed by atoms with E-state index >= 15 is 0 Å². The van der Waals surface area contributed by atoms with Crippen LogP contribution in [-0.2, 0) is 6.42 Å². The molecular weight excluding hydrogens is 516 g/mol. The standard InChI is InChI=1S/C28H30N4O.C9H12/c1-20-16-26(28(33)32-15-5-6-24(32)19-31-13-3-2-4-14-31)25-17-23(11-12-27(25)30-20)22-9-7-21(18-29)8-10-22;1-3-9-7-5-4-6-8(9)2/h7-12,16-17,24H,2-6,13-15,19H2,1H3;4-7H,3H2,1-2H3. The summed E-state index contributed by atoms with van der Waals surface area (Å²) in [6, 6.07) is 26.6. The highest BCUT2D eigenvalue weighted by Gasteiger charge is 2.32. The van der Waals surface area contributed by atoms with E-state index in [2.05, 4.69) is 60.0 Å². The third-order valence-electron chi connectivity index (χ3n) is 8.71. The average molecular weight is 559 g/mol. The molecule has 0 radical (unpaired) electrons. The van der Waals surface area contributed by atoms with Gasteiger partial charge in [0.15, 0.2) is 0 Å². The molecule has 2 aliphatic rings. The first-order valence-electron chi connectivity index (χ1n) is 15.5. The number of amides is 1. The van der Waals surface area contributed by atoms with Crippen molar-refractivity contribution in [2.75, 3.05) is 26.2 Å². The van der Waals surface area contributed by atoms with Gasteiger partial charge in [0.2, 0.25) is 0 Å². The molecule has 2 fully saturated rings. The lowest BCUT2D eigenvalue weighted by Gasteiger charge is -2.33. The molecule has 5 nitrogen and oxygen atoms in total. The maximum atomic E-state index is 13.8. The lowest BCUT2D eigenvalue weighted by Crippen LogP contribution is -2.44. The van der Waals surface area contributed by atoms with Crippen LogP contribution >= 0.6 is 0 Å². The average Bonchev–Trinajstić information content (AvgIpc) is 3.49. The lowest BCUT2D eigenvalue weighted by atomic mass is 9.99. The molecular formula is C37H42N4O. The number of fused-ring (bicyclic) bond motifs is 1. The highest BCUT2D eigenvalue weighted by atomic mass is 16.2. The van der Waals surface area contributed by atoms with Crippen LogP contribution in [0.25, 0.3) is 22.0 Å². The highest BCUT2D eigenvalue weighted by molar-refractivity contribution is 6.07. The van der Waals surface area contributed by atoms with Gasteiger partial charge in [-0.3, -0.25) is 9.78 Å². The molecule has 216 valence electrons. The van der Waals surface area contributed by atoms with Crippen molar-refractivity contribution >= 4 is 16.8 Å². The number of hydrogen-bond acceptors (Lipinski definition) is 4. The molecule has 0 saturated carbocycles. The van der Waals surface area contributed by atoms with Crippen molar-refractivity contribution in [1.82, 2.24) is 14.8 Å². The van der Waals surface area contributed by atoms with Gasteiger partial charge in [-0.2, -0.15) is 5.26 Å². The molecule has 0 aliphatic carbocycles. The summed E-state index contributed by atoms with van der Waals surface area (Å²) in [7, 11) is 0. The highest BCUT2D eigenvalue weighted by Crippen LogP contribution is 2.30. The Morgan fingerprint density at radius 3 is 2.33 bits per heavy atom. The summed E-state index contributed by atoms with van der Waals surface area (Å²) >= 11 is 0. The number of aromatic nitrogens is 1. The smallest absolute Gasteiger partial charge is 0.254 e. The predicted molar refractivity (Wildman–Crippen MR) is 172 cm³/mol. The zero-order valence-corrected chi connectivity index (χ0v) is 25.3. The lowest BCUT2D eigenvalue weighted by molar-refractivity contribution is 0.0692. The Bertz CT molecular complexity index is 1560. The van der Waals surface area contributed by atoms with E-state index < -0.39 is 0 Å². The molecule has 2 aliphatic heterocycles. The number of carbonyl (C=O) groups excluding carboxylic acids is 1. The van der Waals surface area contributed by atoms with Crippen molar-refractivity contribution in [1.29, 1.82) is 5.26 Å². The summed E-state index contributed by atoms with van der Waals surface area (Å²) in [5.41, 5.74) is 8.01. The van der Waals surface area contributed by atoms with Gasteiger partial charge < -0.3 is 9.80 Å². The minimum Gasteiger partial charge on any atom is -0.334 e. The number of pyridine rings is 1. The number of likely N-dealkylation sites (tertiary alicyclic amines) is 2. The Labute approximate surface area is 250 Å². The molecule has 42 heavy (non-hydrogen) atoms. The van der Waals surface area contributed by atoms with Gasteiger partial charge in [0.05, 0.1) is 22.7 Å². The van der Waals surface area contributed by atoms with Gasteiger partial charge in [-0.25, -0.2) is 0 Å². The first-order chi connectivity index (χ1) is 20.5. The molecule has 3 aromatic carbocycles. The van der Waals surface area contributed by atoms with Crippen molar-refractivity contribution < 1.29 is 4.79 Å². The van der Waals surface area contributed by atoms with Crippen LogP contribution in [-0.4, -0.2) is 52.9 Å². The molecule has 1 amide bonds. The zero-order chi connectivity index (χ0) is 29.5. The summed E-state index contributed by atoms with van der Waals surface area (Å²) in [6.45, 7) is 10.4. The van der Waals surface area contributed by atoms with Crippen LogP contribution in [0.3, 0.4) is 0 Å². The van der Waals surface area contributed by atoms with E-state index in [4.69, 9.17) is 10.2 Å². The number of rotatable bonds is 5. The second-order valence-electron chi connectivity index (χ2n) is 11.7. The van der Waals surface area contributed by atoms with Gasteiger partial charge >= 0.3 is 0 Å². The monoisotopic (exact) mass is 558 g/mol. The Morgan fingerprint density at radius 2 is 1.64 bits per heavy atom. The van der Waals surface area contributed by atoms with E-state index in [1.165, 1.54) is 30.4 Å². The predicted octanol–water partition coefficient (Wildman–Crippen LogP) is 7.73. The fraction of sp³-hybridized carbons (Fsp3) is 0.378. The van der Waals surface area contributed by atoms with E-state index in [-0.39, 0.29) is 5.91 Å². The number of nitrogens with zero attached hydrogens (tertiary/aromatic N) is 4. The molecule has 2 saturated heterocycles. The van der Waals surface area contributed by atoms with Crippen molar-refractivity contribution in [3.8, 4) is 17.2 Å². The van der Waals surface area contributed by atoms with Crippen LogP contribution in [0.4, 0.5) is 0 Å². The number of hydrogen-bond donors (Lipinski definition) is 0. The van der Waals surface area contributed by atoms with Gasteiger partial charge in [-0.15, -0.1) is 0 Å².